The molecule has 7 nitrogen and oxygen atoms in total. The van der Waals surface area contributed by atoms with Crippen LogP contribution in [0.5, 0.6) is 5.75 Å². The number of halogens is 1. The molecule has 32 heavy (non-hydrogen) atoms. The Morgan fingerprint density at radius 2 is 1.88 bits per heavy atom. The van der Waals surface area contributed by atoms with Gasteiger partial charge in [-0.15, -0.1) is 24.0 Å². The van der Waals surface area contributed by atoms with Crippen molar-refractivity contribution >= 4 is 29.9 Å². The Morgan fingerprint density at radius 1 is 1.16 bits per heavy atom. The van der Waals surface area contributed by atoms with Gasteiger partial charge in [0.1, 0.15) is 5.75 Å². The van der Waals surface area contributed by atoms with E-state index in [0.29, 0.717) is 5.41 Å². The molecule has 1 atom stereocenters. The first kappa shape index (κ1) is 27.1. The highest BCUT2D eigenvalue weighted by Gasteiger charge is 2.41. The molecule has 0 amide bonds. The number of nitrogens with one attached hydrogen (secondary N) is 2. The molecule has 3 rings (SSSR count). The molecule has 1 saturated carbocycles. The molecule has 2 N–H and O–H groups in total. The number of aliphatic imine (C=N–C) groups is 1. The third-order valence-corrected chi connectivity index (χ3v) is 6.30. The topological polar surface area (TPSA) is 67.4 Å². The average molecular weight is 561 g/mol. The molecule has 1 saturated heterocycles. The summed E-state index contributed by atoms with van der Waals surface area (Å²) in [6.07, 6.45) is 3.61. The fourth-order valence-electron chi connectivity index (χ4n) is 4.05. The third-order valence-electron chi connectivity index (χ3n) is 6.30. The molecule has 182 valence electrons. The standard InChI is InChI=1S/C24H40N4O3.HI/c1-4-25-23(27-19-24(10-11-24)12-15-30-5-2)26-18-22(28-13-16-31-17-14-28)20-6-8-21(29-3)9-7-20;/h6-9,22H,4-5,10-19H2,1-3H3,(H2,25,26,27);1H. The van der Waals surface area contributed by atoms with Gasteiger partial charge in [0.05, 0.1) is 26.4 Å². The van der Waals surface area contributed by atoms with E-state index in [0.717, 1.165) is 77.3 Å². The van der Waals surface area contributed by atoms with Crippen LogP contribution in [-0.2, 0) is 9.47 Å². The molecule has 8 heteroatoms. The molecular formula is C24H41IN4O3. The molecule has 1 unspecified atom stereocenters. The summed E-state index contributed by atoms with van der Waals surface area (Å²) in [5.41, 5.74) is 1.62. The van der Waals surface area contributed by atoms with Crippen molar-refractivity contribution in [2.24, 2.45) is 10.4 Å². The number of nitrogens with zero attached hydrogens (tertiary/aromatic N) is 2. The normalized spacial score (nSPS) is 19.0. The van der Waals surface area contributed by atoms with Gasteiger partial charge in [-0.05, 0) is 56.2 Å². The molecule has 1 heterocycles. The first-order chi connectivity index (χ1) is 15.2. The Hall–Kier alpha value is -1.10. The van der Waals surface area contributed by atoms with Gasteiger partial charge in [-0.2, -0.15) is 0 Å². The van der Waals surface area contributed by atoms with Crippen molar-refractivity contribution in [3.8, 4) is 5.75 Å². The van der Waals surface area contributed by atoms with Crippen LogP contribution < -0.4 is 15.4 Å². The van der Waals surface area contributed by atoms with Crippen molar-refractivity contribution in [3.63, 3.8) is 0 Å². The van der Waals surface area contributed by atoms with Gasteiger partial charge in [0.15, 0.2) is 5.96 Å². The van der Waals surface area contributed by atoms with E-state index in [2.05, 4.69) is 41.5 Å². The Balaban J connectivity index is 0.00000363. The van der Waals surface area contributed by atoms with Gasteiger partial charge in [0.2, 0.25) is 0 Å². The largest absolute Gasteiger partial charge is 0.497 e. The summed E-state index contributed by atoms with van der Waals surface area (Å²) in [4.78, 5) is 7.43. The Labute approximate surface area is 210 Å². The number of morpholine rings is 1. The zero-order valence-electron chi connectivity index (χ0n) is 19.9. The molecule has 0 bridgehead atoms. The summed E-state index contributed by atoms with van der Waals surface area (Å²) in [6, 6.07) is 8.66. The maximum Gasteiger partial charge on any atom is 0.191 e. The van der Waals surface area contributed by atoms with Gasteiger partial charge in [-0.25, -0.2) is 0 Å². The van der Waals surface area contributed by atoms with Crippen LogP contribution in [0.2, 0.25) is 0 Å². The van der Waals surface area contributed by atoms with Crippen LogP contribution >= 0.6 is 24.0 Å². The molecule has 2 fully saturated rings. The first-order valence-corrected chi connectivity index (χ1v) is 11.8. The highest BCUT2D eigenvalue weighted by molar-refractivity contribution is 14.0. The monoisotopic (exact) mass is 560 g/mol. The van der Waals surface area contributed by atoms with Crippen LogP contribution in [0.25, 0.3) is 0 Å². The van der Waals surface area contributed by atoms with Gasteiger partial charge >= 0.3 is 0 Å². The highest BCUT2D eigenvalue weighted by atomic mass is 127. The van der Waals surface area contributed by atoms with Crippen molar-refractivity contribution in [2.75, 3.05) is 66.3 Å². The van der Waals surface area contributed by atoms with Crippen LogP contribution in [0.1, 0.15) is 44.7 Å². The van der Waals surface area contributed by atoms with Gasteiger partial charge in [-0.3, -0.25) is 9.89 Å². The van der Waals surface area contributed by atoms with E-state index in [1.165, 1.54) is 18.4 Å². The number of benzene rings is 1. The smallest absolute Gasteiger partial charge is 0.191 e. The van der Waals surface area contributed by atoms with Gasteiger partial charge in [0.25, 0.3) is 0 Å². The van der Waals surface area contributed by atoms with E-state index in [1.807, 2.05) is 12.1 Å². The summed E-state index contributed by atoms with van der Waals surface area (Å²) in [5, 5.41) is 7.03. The number of hydrogen-bond acceptors (Lipinski definition) is 5. The predicted molar refractivity (Wildman–Crippen MR) is 140 cm³/mol. The highest BCUT2D eigenvalue weighted by Crippen LogP contribution is 2.49. The maximum absolute atomic E-state index is 5.58. The van der Waals surface area contributed by atoms with Gasteiger partial charge in [-0.1, -0.05) is 12.1 Å². The average Bonchev–Trinajstić information content (AvgIpc) is 3.59. The number of rotatable bonds is 12. The van der Waals surface area contributed by atoms with E-state index < -0.39 is 0 Å². The van der Waals surface area contributed by atoms with E-state index in [9.17, 15) is 0 Å². The lowest BCUT2D eigenvalue weighted by Crippen LogP contribution is -2.46. The SMILES string of the molecule is CCNC(=NCC1(CCOCC)CC1)NCC(c1ccc(OC)cc1)N1CCOCC1.I. The number of guanidine groups is 1. The van der Waals surface area contributed by atoms with Crippen molar-refractivity contribution < 1.29 is 14.2 Å². The van der Waals surface area contributed by atoms with Gasteiger partial charge < -0.3 is 24.8 Å². The zero-order chi connectivity index (χ0) is 21.9. The molecule has 1 aliphatic carbocycles. The second kappa shape index (κ2) is 14.2. The van der Waals surface area contributed by atoms with E-state index in [4.69, 9.17) is 19.2 Å². The maximum atomic E-state index is 5.58. The fourth-order valence-corrected chi connectivity index (χ4v) is 4.05. The number of ether oxygens (including phenoxy) is 3. The van der Waals surface area contributed by atoms with Crippen LogP contribution in [0.3, 0.4) is 0 Å². The molecule has 0 aromatic heterocycles. The lowest BCUT2D eigenvalue weighted by molar-refractivity contribution is 0.0170. The van der Waals surface area contributed by atoms with Crippen LogP contribution in [-0.4, -0.2) is 77.1 Å². The number of hydrogen-bond donors (Lipinski definition) is 2. The fraction of sp³-hybridized carbons (Fsp3) is 0.708. The van der Waals surface area contributed by atoms with Crippen molar-refractivity contribution in [1.82, 2.24) is 15.5 Å². The summed E-state index contributed by atoms with van der Waals surface area (Å²) in [7, 11) is 1.70. The zero-order valence-corrected chi connectivity index (χ0v) is 22.2. The van der Waals surface area contributed by atoms with Crippen LogP contribution in [0.15, 0.2) is 29.3 Å². The Bertz CT molecular complexity index is 676. The Kier molecular flexibility index (Phi) is 12.1. The summed E-state index contributed by atoms with van der Waals surface area (Å²) < 4.78 is 16.5. The summed E-state index contributed by atoms with van der Waals surface area (Å²) in [6.45, 7) is 11.7. The van der Waals surface area contributed by atoms with Crippen LogP contribution in [0.4, 0.5) is 0 Å². The summed E-state index contributed by atoms with van der Waals surface area (Å²) >= 11 is 0. The molecular weight excluding hydrogens is 519 g/mol. The second-order valence-corrected chi connectivity index (χ2v) is 8.46. The van der Waals surface area contributed by atoms with Crippen molar-refractivity contribution in [3.05, 3.63) is 29.8 Å². The third kappa shape index (κ3) is 8.35. The molecule has 1 aromatic carbocycles. The molecule has 2 aliphatic rings. The number of methoxy groups -OCH3 is 1. The Morgan fingerprint density at radius 3 is 2.47 bits per heavy atom. The first-order valence-electron chi connectivity index (χ1n) is 11.8. The second-order valence-electron chi connectivity index (χ2n) is 8.46. The van der Waals surface area contributed by atoms with E-state index >= 15 is 0 Å². The minimum absolute atomic E-state index is 0. The summed E-state index contributed by atoms with van der Waals surface area (Å²) in [5.74, 6) is 1.78. The van der Waals surface area contributed by atoms with Crippen LogP contribution in [0, 0.1) is 5.41 Å². The minimum Gasteiger partial charge on any atom is -0.497 e. The lowest BCUT2D eigenvalue weighted by atomic mass is 10.0. The van der Waals surface area contributed by atoms with E-state index in [1.54, 1.807) is 7.11 Å². The molecule has 0 radical (unpaired) electrons. The van der Waals surface area contributed by atoms with Crippen molar-refractivity contribution in [2.45, 2.75) is 39.2 Å². The lowest BCUT2D eigenvalue weighted by Gasteiger charge is -2.35. The minimum atomic E-state index is 0. The predicted octanol–water partition coefficient (Wildman–Crippen LogP) is 3.45. The molecule has 1 aliphatic heterocycles. The molecule has 1 aromatic rings. The van der Waals surface area contributed by atoms with Crippen molar-refractivity contribution in [1.29, 1.82) is 0 Å². The van der Waals surface area contributed by atoms with E-state index in [-0.39, 0.29) is 30.0 Å². The molecule has 0 spiro atoms. The quantitative estimate of drug-likeness (QED) is 0.177. The van der Waals surface area contributed by atoms with Gasteiger partial charge in [0, 0.05) is 45.9 Å².